The molecule has 2 unspecified atom stereocenters. The van der Waals surface area contributed by atoms with Gasteiger partial charge in [0, 0.05) is 35.9 Å². The topological polar surface area (TPSA) is 69.0 Å². The fourth-order valence-electron chi connectivity index (χ4n) is 5.92. The molecule has 7 heteroatoms. The second-order valence-electron chi connectivity index (χ2n) is 11.7. The van der Waals surface area contributed by atoms with Crippen LogP contribution >= 0.6 is 0 Å². The quantitative estimate of drug-likeness (QED) is 0.330. The molecule has 0 radical (unpaired) electrons. The molecule has 234 valence electrons. The Morgan fingerprint density at radius 2 is 1.79 bits per heavy atom. The number of ether oxygens (including phenoxy) is 1. The van der Waals surface area contributed by atoms with E-state index in [1.165, 1.54) is 6.07 Å². The fourth-order valence-corrected chi connectivity index (χ4v) is 5.92. The van der Waals surface area contributed by atoms with E-state index in [1.54, 1.807) is 6.07 Å². The van der Waals surface area contributed by atoms with Gasteiger partial charge in [0.15, 0.2) is 0 Å². The number of pyridine rings is 1. The van der Waals surface area contributed by atoms with Gasteiger partial charge in [0.05, 0.1) is 23.3 Å². The van der Waals surface area contributed by atoms with Gasteiger partial charge in [-0.15, -0.1) is 0 Å². The van der Waals surface area contributed by atoms with Crippen LogP contribution in [-0.4, -0.2) is 27.0 Å². The highest BCUT2D eigenvalue weighted by molar-refractivity contribution is 6.04. The van der Waals surface area contributed by atoms with Crippen molar-refractivity contribution in [3.63, 3.8) is 0 Å². The number of benzene rings is 1. The summed E-state index contributed by atoms with van der Waals surface area (Å²) in [5.74, 6) is 1.74. The molecule has 2 atom stereocenters. The lowest BCUT2D eigenvalue weighted by molar-refractivity contribution is 0.102. The smallest absolute Gasteiger partial charge is 0.258 e. The number of rotatable bonds is 3. The molecule has 1 saturated carbocycles. The maximum absolute atomic E-state index is 14.9. The van der Waals surface area contributed by atoms with Crippen molar-refractivity contribution in [2.24, 2.45) is 11.8 Å². The van der Waals surface area contributed by atoms with Crippen LogP contribution in [0.25, 0.3) is 16.6 Å². The van der Waals surface area contributed by atoms with Crippen molar-refractivity contribution in [3.8, 4) is 0 Å². The minimum atomic E-state index is -0.266. The van der Waals surface area contributed by atoms with E-state index >= 15 is 0 Å². The van der Waals surface area contributed by atoms with E-state index in [2.05, 4.69) is 36.7 Å². The molecule has 1 N–H and O–H groups in total. The Balaban J connectivity index is 0.00000121. The first-order valence-electron chi connectivity index (χ1n) is 16.1. The van der Waals surface area contributed by atoms with Crippen LogP contribution in [0.4, 0.5) is 10.3 Å². The molecule has 1 aliphatic heterocycles. The zero-order valence-electron chi connectivity index (χ0n) is 27.9. The second-order valence-corrected chi connectivity index (χ2v) is 11.7. The van der Waals surface area contributed by atoms with E-state index in [-0.39, 0.29) is 17.6 Å². The monoisotopic (exact) mass is 590 g/mol. The summed E-state index contributed by atoms with van der Waals surface area (Å²) in [6.45, 7) is 21.5. The Hall–Kier alpha value is -3.48. The van der Waals surface area contributed by atoms with Gasteiger partial charge < -0.3 is 9.30 Å². The van der Waals surface area contributed by atoms with Crippen LogP contribution in [0.1, 0.15) is 121 Å². The minimum absolute atomic E-state index is 0.0406. The van der Waals surface area contributed by atoms with Crippen molar-refractivity contribution >= 4 is 28.5 Å². The number of carbonyl (C=O) groups excluding carboxylic acids is 1. The number of nitrogens with zero attached hydrogens (tertiary/aromatic N) is 3. The molecule has 3 aromatic rings. The van der Waals surface area contributed by atoms with Gasteiger partial charge in [-0.3, -0.25) is 15.1 Å². The van der Waals surface area contributed by atoms with Crippen molar-refractivity contribution in [2.45, 2.75) is 107 Å². The molecule has 4 bridgehead atoms. The molecular weight excluding hydrogens is 539 g/mol. The summed E-state index contributed by atoms with van der Waals surface area (Å²) in [6, 6.07) is 7.01. The van der Waals surface area contributed by atoms with Gasteiger partial charge in [-0.25, -0.2) is 9.37 Å². The van der Waals surface area contributed by atoms with E-state index in [4.69, 9.17) is 14.7 Å². The van der Waals surface area contributed by atoms with Crippen LogP contribution in [0, 0.1) is 24.6 Å². The third-order valence-corrected chi connectivity index (χ3v) is 7.84. The first-order chi connectivity index (χ1) is 20.6. The Morgan fingerprint density at radius 1 is 1.09 bits per heavy atom. The molecule has 0 spiro atoms. The van der Waals surface area contributed by atoms with Gasteiger partial charge in [-0.2, -0.15) is 0 Å². The van der Waals surface area contributed by atoms with Crippen LogP contribution in [0.3, 0.4) is 0 Å². The molecule has 1 fully saturated rings. The standard InChI is InChI=1S/C32H39FN4O2.2C2H6/c1-7-30-25(10-18(2)3)27-13-23(11-20(6)34-27)31(38)36-32-35-28-15-26(33)24(19(4)5)14-29(28)37(32)16-21-8-9-22(12-21)17-39-30;2*1-2/h10-11,13-15,19,21-22H,7-9,12,16-17H2,1-6H3,(H,35,36,38);2*1-2H3/b30-25-;;. The number of nitrogens with one attached hydrogen (secondary N) is 1. The largest absolute Gasteiger partial charge is 0.497 e. The van der Waals surface area contributed by atoms with Crippen LogP contribution in [-0.2, 0) is 11.3 Å². The van der Waals surface area contributed by atoms with Crippen LogP contribution in [0.5, 0.6) is 0 Å². The van der Waals surface area contributed by atoms with Gasteiger partial charge in [0.1, 0.15) is 11.6 Å². The van der Waals surface area contributed by atoms with E-state index in [1.807, 2.05) is 60.6 Å². The van der Waals surface area contributed by atoms with Crippen LogP contribution in [0.15, 0.2) is 41.7 Å². The maximum atomic E-state index is 14.9. The lowest BCUT2D eigenvalue weighted by Gasteiger charge is -2.18. The number of hydrogen-bond donors (Lipinski definition) is 1. The summed E-state index contributed by atoms with van der Waals surface area (Å²) in [5.41, 5.74) is 6.08. The van der Waals surface area contributed by atoms with Crippen molar-refractivity contribution in [1.82, 2.24) is 14.5 Å². The predicted molar refractivity (Wildman–Crippen MR) is 177 cm³/mol. The van der Waals surface area contributed by atoms with Crippen molar-refractivity contribution in [1.29, 1.82) is 0 Å². The number of anilines is 1. The average Bonchev–Trinajstić information content (AvgIpc) is 3.57. The number of aryl methyl sites for hydroxylation is 1. The number of imidazole rings is 1. The first kappa shape index (κ1) is 34.0. The van der Waals surface area contributed by atoms with E-state index < -0.39 is 0 Å². The lowest BCUT2D eigenvalue weighted by Crippen LogP contribution is -2.18. The number of halogens is 1. The summed E-state index contributed by atoms with van der Waals surface area (Å²) in [5, 5.41) is 3.06. The van der Waals surface area contributed by atoms with E-state index in [9.17, 15) is 9.18 Å². The Labute approximate surface area is 257 Å². The molecule has 2 aliphatic rings. The third kappa shape index (κ3) is 7.92. The average molecular weight is 591 g/mol. The second kappa shape index (κ2) is 15.3. The zero-order chi connectivity index (χ0) is 31.8. The van der Waals surface area contributed by atoms with Crippen molar-refractivity contribution < 1.29 is 13.9 Å². The van der Waals surface area contributed by atoms with Crippen LogP contribution in [0.2, 0.25) is 0 Å². The summed E-state index contributed by atoms with van der Waals surface area (Å²) in [6.07, 6.45) is 6.03. The molecule has 0 saturated heterocycles. The maximum Gasteiger partial charge on any atom is 0.258 e. The zero-order valence-corrected chi connectivity index (χ0v) is 27.9. The van der Waals surface area contributed by atoms with Gasteiger partial charge in [-0.1, -0.05) is 60.1 Å². The molecule has 5 rings (SSSR count). The highest BCUT2D eigenvalue weighted by Crippen LogP contribution is 2.36. The van der Waals surface area contributed by atoms with Crippen molar-refractivity contribution in [2.75, 3.05) is 11.9 Å². The van der Waals surface area contributed by atoms with Crippen LogP contribution < -0.4 is 5.32 Å². The number of hydrogen-bond acceptors (Lipinski definition) is 4. The summed E-state index contributed by atoms with van der Waals surface area (Å²) in [4.78, 5) is 23.2. The fraction of sp³-hybridized carbons (Fsp3) is 0.528. The number of carbonyl (C=O) groups is 1. The van der Waals surface area contributed by atoms with E-state index in [0.29, 0.717) is 47.6 Å². The normalized spacial score (nSPS) is 20.0. The third-order valence-electron chi connectivity index (χ3n) is 7.84. The molecule has 43 heavy (non-hydrogen) atoms. The number of fused-ring (bicyclic) bond motifs is 7. The molecule has 1 aromatic carbocycles. The molecular formula is C36H51FN4O2. The van der Waals surface area contributed by atoms with Gasteiger partial charge >= 0.3 is 0 Å². The molecule has 3 heterocycles. The van der Waals surface area contributed by atoms with Gasteiger partial charge in [0.25, 0.3) is 5.91 Å². The molecule has 1 amide bonds. The van der Waals surface area contributed by atoms with Gasteiger partial charge in [0.2, 0.25) is 5.95 Å². The lowest BCUT2D eigenvalue weighted by atomic mass is 10.0. The Bertz CT molecular complexity index is 1480. The van der Waals surface area contributed by atoms with Gasteiger partial charge in [-0.05, 0) is 81.5 Å². The predicted octanol–water partition coefficient (Wildman–Crippen LogP) is 9.84. The summed E-state index contributed by atoms with van der Waals surface area (Å²) in [7, 11) is 0. The molecule has 6 nitrogen and oxygen atoms in total. The van der Waals surface area contributed by atoms with Crippen molar-refractivity contribution in [3.05, 3.63) is 70.0 Å². The summed E-state index contributed by atoms with van der Waals surface area (Å²) >= 11 is 0. The number of allylic oxidation sites excluding steroid dienone is 4. The SMILES string of the molecule is CC.CC.CC/C1=C(\C=C(C)C)c2cc(cc(C)n2)C(=O)Nc2nc3cc(F)c(C(C)C)cc3n2CC2CCC(CO1)C2. The van der Waals surface area contributed by atoms with E-state index in [0.717, 1.165) is 59.5 Å². The number of aromatic nitrogens is 3. The minimum Gasteiger partial charge on any atom is -0.497 e. The molecule has 2 aromatic heterocycles. The number of amides is 1. The first-order valence-corrected chi connectivity index (χ1v) is 16.1. The highest BCUT2D eigenvalue weighted by atomic mass is 19.1. The summed E-state index contributed by atoms with van der Waals surface area (Å²) < 4.78 is 23.5. The molecule has 1 aliphatic carbocycles. The Kier molecular flexibility index (Phi) is 12.1. The Morgan fingerprint density at radius 3 is 2.44 bits per heavy atom. The highest BCUT2D eigenvalue weighted by Gasteiger charge is 2.29.